The number of aryl methyl sites for hydroxylation is 1. The Balaban J connectivity index is 2.75. The van der Waals surface area contributed by atoms with Crippen LogP contribution in [-0.4, -0.2) is 15.3 Å². The molecule has 0 amide bonds. The first-order valence-electron chi connectivity index (χ1n) is 5.74. The van der Waals surface area contributed by atoms with Crippen molar-refractivity contribution >= 4 is 0 Å². The second kappa shape index (κ2) is 4.26. The number of rotatable bonds is 1. The maximum atomic E-state index is 10.1. The third kappa shape index (κ3) is 1.78. The topological polar surface area (TPSA) is 60.7 Å². The second-order valence-corrected chi connectivity index (χ2v) is 4.54. The fourth-order valence-electron chi connectivity index (χ4n) is 1.94. The summed E-state index contributed by atoms with van der Waals surface area (Å²) in [5.74, 6) is -0.452. The van der Waals surface area contributed by atoms with E-state index in [1.54, 1.807) is 26.0 Å². The van der Waals surface area contributed by atoms with Gasteiger partial charge in [-0.15, -0.1) is 0 Å². The van der Waals surface area contributed by atoms with Gasteiger partial charge in [0, 0.05) is 5.56 Å². The first-order valence-corrected chi connectivity index (χ1v) is 5.74. The summed E-state index contributed by atoms with van der Waals surface area (Å²) < 4.78 is 0. The molecule has 0 atom stereocenters. The van der Waals surface area contributed by atoms with Crippen molar-refractivity contribution in [2.45, 2.75) is 20.8 Å². The Morgan fingerprint density at radius 1 is 0.667 bits per heavy atom. The van der Waals surface area contributed by atoms with E-state index < -0.39 is 0 Å². The highest BCUT2D eigenvalue weighted by molar-refractivity contribution is 5.82. The van der Waals surface area contributed by atoms with Crippen LogP contribution in [0, 0.1) is 20.8 Å². The van der Waals surface area contributed by atoms with Crippen molar-refractivity contribution < 1.29 is 15.3 Å². The van der Waals surface area contributed by atoms with Crippen molar-refractivity contribution in [3.63, 3.8) is 0 Å². The van der Waals surface area contributed by atoms with Gasteiger partial charge in [-0.25, -0.2) is 0 Å². The van der Waals surface area contributed by atoms with Crippen LogP contribution in [0.2, 0.25) is 0 Å². The molecule has 0 aliphatic heterocycles. The largest absolute Gasteiger partial charge is 0.507 e. The Morgan fingerprint density at radius 2 is 1.17 bits per heavy atom. The van der Waals surface area contributed by atoms with E-state index in [1.807, 2.05) is 19.1 Å². The van der Waals surface area contributed by atoms with Crippen LogP contribution in [0.15, 0.2) is 24.3 Å². The lowest BCUT2D eigenvalue weighted by molar-refractivity contribution is 0.394. The molecule has 0 aliphatic carbocycles. The molecule has 0 fully saturated rings. The molecular formula is C15H16O3. The molecule has 3 nitrogen and oxygen atoms in total. The molecular weight excluding hydrogens is 228 g/mol. The van der Waals surface area contributed by atoms with E-state index in [1.165, 1.54) is 0 Å². The number of phenolic OH excluding ortho intramolecular Hbond substituents is 3. The fourth-order valence-corrected chi connectivity index (χ4v) is 1.94. The van der Waals surface area contributed by atoms with Crippen molar-refractivity contribution in [2.75, 3.05) is 0 Å². The molecule has 0 aliphatic rings. The Kier molecular flexibility index (Phi) is 2.91. The standard InChI is InChI=1S/C15H16O3/c1-8-4-6-11(7-5-8)12-13(16)9(2)10(3)14(17)15(12)18/h4-7,16-18H,1-3H3. The van der Waals surface area contributed by atoms with Gasteiger partial charge < -0.3 is 15.3 Å². The SMILES string of the molecule is Cc1ccc(-c2c(O)c(C)c(C)c(O)c2O)cc1. The molecule has 0 spiro atoms. The monoisotopic (exact) mass is 244 g/mol. The third-order valence-electron chi connectivity index (χ3n) is 3.31. The normalized spacial score (nSPS) is 10.6. The molecule has 2 rings (SSSR count). The van der Waals surface area contributed by atoms with Crippen molar-refractivity contribution in [2.24, 2.45) is 0 Å². The first kappa shape index (κ1) is 12.3. The van der Waals surface area contributed by atoms with Crippen LogP contribution in [-0.2, 0) is 0 Å². The van der Waals surface area contributed by atoms with Gasteiger partial charge >= 0.3 is 0 Å². The highest BCUT2D eigenvalue weighted by atomic mass is 16.3. The molecule has 0 bridgehead atoms. The third-order valence-corrected chi connectivity index (χ3v) is 3.31. The van der Waals surface area contributed by atoms with E-state index >= 15 is 0 Å². The van der Waals surface area contributed by atoms with Gasteiger partial charge in [0.25, 0.3) is 0 Å². The molecule has 0 radical (unpaired) electrons. The van der Waals surface area contributed by atoms with E-state index in [2.05, 4.69) is 0 Å². The van der Waals surface area contributed by atoms with Crippen LogP contribution in [0.1, 0.15) is 16.7 Å². The Hall–Kier alpha value is -2.16. The van der Waals surface area contributed by atoms with Crippen molar-refractivity contribution in [1.82, 2.24) is 0 Å². The number of hydrogen-bond acceptors (Lipinski definition) is 3. The first-order chi connectivity index (χ1) is 8.43. The molecule has 0 saturated heterocycles. The van der Waals surface area contributed by atoms with Crippen LogP contribution >= 0.6 is 0 Å². The van der Waals surface area contributed by atoms with E-state index in [0.717, 1.165) is 5.56 Å². The molecule has 0 aromatic heterocycles. The van der Waals surface area contributed by atoms with Gasteiger partial charge in [0.1, 0.15) is 5.75 Å². The summed E-state index contributed by atoms with van der Waals surface area (Å²) in [4.78, 5) is 0. The summed E-state index contributed by atoms with van der Waals surface area (Å²) in [5.41, 5.74) is 3.09. The highest BCUT2D eigenvalue weighted by Gasteiger charge is 2.19. The van der Waals surface area contributed by atoms with Crippen molar-refractivity contribution in [3.8, 4) is 28.4 Å². The molecule has 2 aromatic carbocycles. The molecule has 18 heavy (non-hydrogen) atoms. The van der Waals surface area contributed by atoms with Crippen LogP contribution < -0.4 is 0 Å². The summed E-state index contributed by atoms with van der Waals surface area (Å²) in [6.45, 7) is 5.33. The molecule has 3 N–H and O–H groups in total. The average Bonchev–Trinajstić information content (AvgIpc) is 2.36. The summed E-state index contributed by atoms with van der Waals surface area (Å²) >= 11 is 0. The van der Waals surface area contributed by atoms with E-state index in [-0.39, 0.29) is 22.8 Å². The average molecular weight is 244 g/mol. The molecule has 3 heteroatoms. The molecule has 0 unspecified atom stereocenters. The second-order valence-electron chi connectivity index (χ2n) is 4.54. The van der Waals surface area contributed by atoms with Crippen molar-refractivity contribution in [3.05, 3.63) is 41.0 Å². The van der Waals surface area contributed by atoms with Gasteiger partial charge in [0.2, 0.25) is 0 Å². The van der Waals surface area contributed by atoms with Crippen molar-refractivity contribution in [1.29, 1.82) is 0 Å². The summed E-state index contributed by atoms with van der Waals surface area (Å²) in [7, 11) is 0. The number of phenols is 3. The molecule has 0 saturated carbocycles. The van der Waals surface area contributed by atoms with Gasteiger partial charge in [0.15, 0.2) is 11.5 Å². The maximum Gasteiger partial charge on any atom is 0.169 e. The number of hydrogen-bond donors (Lipinski definition) is 3. The predicted octanol–water partition coefficient (Wildman–Crippen LogP) is 3.40. The highest BCUT2D eigenvalue weighted by Crippen LogP contribution is 2.47. The Labute approximate surface area is 106 Å². The maximum absolute atomic E-state index is 10.1. The number of benzene rings is 2. The van der Waals surface area contributed by atoms with Gasteiger partial charge in [-0.1, -0.05) is 29.8 Å². The summed E-state index contributed by atoms with van der Waals surface area (Å²) in [6, 6.07) is 7.39. The lowest BCUT2D eigenvalue weighted by atomic mass is 9.96. The zero-order valence-electron chi connectivity index (χ0n) is 10.7. The number of aromatic hydroxyl groups is 3. The molecule has 0 heterocycles. The Morgan fingerprint density at radius 3 is 1.72 bits per heavy atom. The minimum atomic E-state index is -0.278. The summed E-state index contributed by atoms with van der Waals surface area (Å²) in [6.07, 6.45) is 0. The van der Waals surface area contributed by atoms with Crippen LogP contribution in [0.5, 0.6) is 17.2 Å². The quantitative estimate of drug-likeness (QED) is 0.532. The Bertz CT molecular complexity index is 569. The molecule has 2 aromatic rings. The molecule has 94 valence electrons. The minimum Gasteiger partial charge on any atom is -0.507 e. The fraction of sp³-hybridized carbons (Fsp3) is 0.200. The lowest BCUT2D eigenvalue weighted by Gasteiger charge is -2.14. The van der Waals surface area contributed by atoms with Crippen LogP contribution in [0.25, 0.3) is 11.1 Å². The summed E-state index contributed by atoms with van der Waals surface area (Å²) in [5, 5.41) is 30.0. The van der Waals surface area contributed by atoms with Gasteiger partial charge in [-0.2, -0.15) is 0 Å². The van der Waals surface area contributed by atoms with E-state index in [0.29, 0.717) is 16.7 Å². The zero-order chi connectivity index (χ0) is 13.4. The van der Waals surface area contributed by atoms with Gasteiger partial charge in [-0.05, 0) is 31.9 Å². The van der Waals surface area contributed by atoms with E-state index in [4.69, 9.17) is 0 Å². The van der Waals surface area contributed by atoms with Gasteiger partial charge in [-0.3, -0.25) is 0 Å². The van der Waals surface area contributed by atoms with E-state index in [9.17, 15) is 15.3 Å². The van der Waals surface area contributed by atoms with Crippen LogP contribution in [0.4, 0.5) is 0 Å². The van der Waals surface area contributed by atoms with Gasteiger partial charge in [0.05, 0.1) is 5.56 Å². The lowest BCUT2D eigenvalue weighted by Crippen LogP contribution is -1.89. The smallest absolute Gasteiger partial charge is 0.169 e. The van der Waals surface area contributed by atoms with Crippen LogP contribution in [0.3, 0.4) is 0 Å². The zero-order valence-corrected chi connectivity index (χ0v) is 10.7. The predicted molar refractivity (Wildman–Crippen MR) is 71.1 cm³/mol. The minimum absolute atomic E-state index is 0.00616.